The highest BCUT2D eigenvalue weighted by Crippen LogP contribution is 2.22. The molecule has 0 spiro atoms. The average molecular weight is 210 g/mol. The number of hydrogen-bond donors (Lipinski definition) is 2. The zero-order chi connectivity index (χ0) is 11.3. The molecule has 0 aliphatic heterocycles. The molecule has 0 aromatic heterocycles. The maximum atomic E-state index is 10.6. The van der Waals surface area contributed by atoms with Crippen molar-refractivity contribution in [3.8, 4) is 11.8 Å². The maximum Gasteiger partial charge on any atom is 0.339 e. The number of amides is 2. The van der Waals surface area contributed by atoms with E-state index in [-0.39, 0.29) is 0 Å². The standard InChI is InChI=1S/C11H18N2O2/c1-9(13(15)11(12)14)7-8-10-5-3-2-4-6-10/h9-10,15H,2-6H2,1H3,(H2,12,14). The van der Waals surface area contributed by atoms with Crippen LogP contribution in [0.15, 0.2) is 0 Å². The van der Waals surface area contributed by atoms with Gasteiger partial charge in [-0.25, -0.2) is 4.79 Å². The number of hydrogen-bond acceptors (Lipinski definition) is 2. The van der Waals surface area contributed by atoms with Gasteiger partial charge in [-0.2, -0.15) is 5.06 Å². The van der Waals surface area contributed by atoms with Crippen LogP contribution in [-0.4, -0.2) is 22.3 Å². The molecule has 1 aliphatic carbocycles. The first-order chi connectivity index (χ1) is 7.11. The van der Waals surface area contributed by atoms with Gasteiger partial charge in [-0.05, 0) is 19.8 Å². The zero-order valence-corrected chi connectivity index (χ0v) is 9.07. The summed E-state index contributed by atoms with van der Waals surface area (Å²) in [7, 11) is 0. The molecule has 3 N–H and O–H groups in total. The largest absolute Gasteiger partial charge is 0.350 e. The van der Waals surface area contributed by atoms with Crippen molar-refractivity contribution in [1.29, 1.82) is 0 Å². The summed E-state index contributed by atoms with van der Waals surface area (Å²) in [4.78, 5) is 10.6. The highest BCUT2D eigenvalue weighted by Gasteiger charge is 2.13. The first kappa shape index (κ1) is 11.9. The minimum absolute atomic E-state index is 0.419. The Kier molecular flexibility index (Phi) is 4.44. The number of urea groups is 1. The Morgan fingerprint density at radius 2 is 2.07 bits per heavy atom. The van der Waals surface area contributed by atoms with Gasteiger partial charge in [-0.3, -0.25) is 5.21 Å². The molecule has 1 aliphatic rings. The predicted molar refractivity (Wildman–Crippen MR) is 57.0 cm³/mol. The van der Waals surface area contributed by atoms with E-state index in [1.54, 1.807) is 6.92 Å². The third-order valence-electron chi connectivity index (χ3n) is 2.69. The summed E-state index contributed by atoms with van der Waals surface area (Å²) in [6.45, 7) is 1.65. The van der Waals surface area contributed by atoms with Gasteiger partial charge in [0.2, 0.25) is 0 Å². The second-order valence-electron chi connectivity index (χ2n) is 3.98. The van der Waals surface area contributed by atoms with E-state index in [1.807, 2.05) is 0 Å². The van der Waals surface area contributed by atoms with Gasteiger partial charge < -0.3 is 5.73 Å². The number of carbonyl (C=O) groups is 1. The van der Waals surface area contributed by atoms with Crippen LogP contribution in [0.3, 0.4) is 0 Å². The number of primary amides is 1. The second-order valence-corrected chi connectivity index (χ2v) is 3.98. The number of nitrogens with zero attached hydrogens (tertiary/aromatic N) is 1. The van der Waals surface area contributed by atoms with E-state index in [2.05, 4.69) is 11.8 Å². The fourth-order valence-electron chi connectivity index (χ4n) is 1.74. The molecular formula is C11H18N2O2. The topological polar surface area (TPSA) is 66.6 Å². The maximum absolute atomic E-state index is 10.6. The van der Waals surface area contributed by atoms with Gasteiger partial charge in [-0.1, -0.05) is 31.1 Å². The third-order valence-corrected chi connectivity index (χ3v) is 2.69. The highest BCUT2D eigenvalue weighted by molar-refractivity contribution is 5.71. The van der Waals surface area contributed by atoms with Gasteiger partial charge >= 0.3 is 6.03 Å². The fourth-order valence-corrected chi connectivity index (χ4v) is 1.74. The van der Waals surface area contributed by atoms with Crippen LogP contribution in [0.25, 0.3) is 0 Å². The van der Waals surface area contributed by atoms with Gasteiger partial charge in [0.15, 0.2) is 0 Å². The summed E-state index contributed by atoms with van der Waals surface area (Å²) in [5, 5.41) is 9.65. The SMILES string of the molecule is CC(C#CC1CCCCC1)N(O)C(N)=O. The lowest BCUT2D eigenvalue weighted by atomic mass is 9.90. The molecule has 1 fully saturated rings. The van der Waals surface area contributed by atoms with Crippen LogP contribution in [0, 0.1) is 17.8 Å². The van der Waals surface area contributed by atoms with Gasteiger partial charge in [0.05, 0.1) is 0 Å². The van der Waals surface area contributed by atoms with Crippen molar-refractivity contribution in [3.63, 3.8) is 0 Å². The molecule has 1 saturated carbocycles. The summed E-state index contributed by atoms with van der Waals surface area (Å²) < 4.78 is 0. The van der Waals surface area contributed by atoms with Crippen molar-refractivity contribution in [3.05, 3.63) is 0 Å². The molecule has 84 valence electrons. The first-order valence-electron chi connectivity index (χ1n) is 5.40. The molecule has 1 atom stereocenters. The summed E-state index contributed by atoms with van der Waals surface area (Å²) in [5.74, 6) is 6.38. The van der Waals surface area contributed by atoms with E-state index < -0.39 is 12.1 Å². The van der Waals surface area contributed by atoms with Crippen molar-refractivity contribution in [2.24, 2.45) is 11.7 Å². The van der Waals surface area contributed by atoms with Crippen LogP contribution in [-0.2, 0) is 0 Å². The molecule has 0 aromatic carbocycles. The van der Waals surface area contributed by atoms with E-state index in [0.29, 0.717) is 11.0 Å². The minimum atomic E-state index is -0.861. The third kappa shape index (κ3) is 3.80. The van der Waals surface area contributed by atoms with Gasteiger partial charge in [-0.15, -0.1) is 0 Å². The van der Waals surface area contributed by atoms with E-state index >= 15 is 0 Å². The molecule has 1 rings (SSSR count). The lowest BCUT2D eigenvalue weighted by Crippen LogP contribution is -2.38. The Balaban J connectivity index is 2.45. The van der Waals surface area contributed by atoms with E-state index in [1.165, 1.54) is 19.3 Å². The molecule has 0 bridgehead atoms. The lowest BCUT2D eigenvalue weighted by Gasteiger charge is -2.17. The molecule has 2 amide bonds. The molecule has 0 heterocycles. The minimum Gasteiger partial charge on any atom is -0.350 e. The average Bonchev–Trinajstić information content (AvgIpc) is 2.26. The fraction of sp³-hybridized carbons (Fsp3) is 0.727. The summed E-state index contributed by atoms with van der Waals surface area (Å²) >= 11 is 0. The van der Waals surface area contributed by atoms with E-state index in [0.717, 1.165) is 12.8 Å². The summed E-state index contributed by atoms with van der Waals surface area (Å²) in [5.41, 5.74) is 4.91. The molecule has 1 unspecified atom stereocenters. The Morgan fingerprint density at radius 3 is 2.60 bits per heavy atom. The quantitative estimate of drug-likeness (QED) is 0.393. The second kappa shape index (κ2) is 5.62. The smallest absolute Gasteiger partial charge is 0.339 e. The van der Waals surface area contributed by atoms with E-state index in [4.69, 9.17) is 5.73 Å². The van der Waals surface area contributed by atoms with Crippen LogP contribution >= 0.6 is 0 Å². The zero-order valence-electron chi connectivity index (χ0n) is 9.07. The summed E-state index contributed by atoms with van der Waals surface area (Å²) in [6.07, 6.45) is 6.00. The Morgan fingerprint density at radius 1 is 1.47 bits per heavy atom. The molecule has 0 saturated heterocycles. The normalized spacial score (nSPS) is 18.8. The van der Waals surface area contributed by atoms with Gasteiger partial charge in [0.1, 0.15) is 6.04 Å². The van der Waals surface area contributed by atoms with Crippen molar-refractivity contribution in [2.75, 3.05) is 0 Å². The van der Waals surface area contributed by atoms with E-state index in [9.17, 15) is 10.0 Å². The number of carbonyl (C=O) groups excluding carboxylic acids is 1. The monoisotopic (exact) mass is 210 g/mol. The lowest BCUT2D eigenvalue weighted by molar-refractivity contribution is -0.0537. The molecule has 4 nitrogen and oxygen atoms in total. The number of hydroxylamine groups is 2. The Hall–Kier alpha value is -1.21. The van der Waals surface area contributed by atoms with Crippen LogP contribution in [0.5, 0.6) is 0 Å². The van der Waals surface area contributed by atoms with Crippen LogP contribution in [0.2, 0.25) is 0 Å². The van der Waals surface area contributed by atoms with Crippen molar-refractivity contribution in [1.82, 2.24) is 5.06 Å². The number of nitrogens with two attached hydrogens (primary N) is 1. The molecule has 0 aromatic rings. The van der Waals surface area contributed by atoms with Crippen molar-refractivity contribution >= 4 is 6.03 Å². The Labute approximate surface area is 90.4 Å². The Bertz CT molecular complexity index is 274. The van der Waals surface area contributed by atoms with Crippen molar-refractivity contribution in [2.45, 2.75) is 45.1 Å². The molecule has 4 heteroatoms. The first-order valence-corrected chi connectivity index (χ1v) is 5.40. The highest BCUT2D eigenvalue weighted by atomic mass is 16.5. The molecule has 0 radical (unpaired) electrons. The molecular weight excluding hydrogens is 192 g/mol. The van der Waals surface area contributed by atoms with Gasteiger partial charge in [0.25, 0.3) is 0 Å². The van der Waals surface area contributed by atoms with Crippen LogP contribution in [0.1, 0.15) is 39.0 Å². The predicted octanol–water partition coefficient (Wildman–Crippen LogP) is 1.73. The van der Waals surface area contributed by atoms with Crippen LogP contribution < -0.4 is 5.73 Å². The summed E-state index contributed by atoms with van der Waals surface area (Å²) in [6, 6.07) is -1.38. The van der Waals surface area contributed by atoms with Gasteiger partial charge in [0, 0.05) is 5.92 Å². The van der Waals surface area contributed by atoms with Crippen LogP contribution in [0.4, 0.5) is 4.79 Å². The number of rotatable bonds is 1. The van der Waals surface area contributed by atoms with Crippen molar-refractivity contribution < 1.29 is 10.0 Å². The molecule has 15 heavy (non-hydrogen) atoms.